The fraction of sp³-hybridized carbons (Fsp3) is 0.450. The van der Waals surface area contributed by atoms with E-state index < -0.39 is 13.4 Å². The molecule has 0 aliphatic carbocycles. The molecular formula is C20H29N2O3PS. The van der Waals surface area contributed by atoms with Gasteiger partial charge in [0.25, 0.3) is 0 Å². The lowest BCUT2D eigenvalue weighted by Crippen LogP contribution is -2.19. The van der Waals surface area contributed by atoms with Crippen LogP contribution in [0.25, 0.3) is 0 Å². The molecule has 1 aromatic carbocycles. The molecule has 0 aliphatic rings. The second kappa shape index (κ2) is 9.74. The fourth-order valence-electron chi connectivity index (χ4n) is 2.63. The number of nitrogens with one attached hydrogen (secondary N) is 1. The van der Waals surface area contributed by atoms with Crippen LogP contribution < -0.4 is 5.32 Å². The Kier molecular flexibility index (Phi) is 7.92. The first kappa shape index (κ1) is 22.0. The largest absolute Gasteiger partial charge is 0.357 e. The van der Waals surface area contributed by atoms with Gasteiger partial charge < -0.3 is 14.4 Å². The molecule has 2 rings (SSSR count). The van der Waals surface area contributed by atoms with Gasteiger partial charge in [-0.15, -0.1) is 11.8 Å². The molecule has 0 fully saturated rings. The van der Waals surface area contributed by atoms with Crippen LogP contribution in [0.3, 0.4) is 0 Å². The third-order valence-electron chi connectivity index (χ3n) is 3.64. The Labute approximate surface area is 166 Å². The van der Waals surface area contributed by atoms with E-state index in [1.165, 1.54) is 0 Å². The van der Waals surface area contributed by atoms with Crippen LogP contribution in [0.5, 0.6) is 0 Å². The Bertz CT molecular complexity index is 767. The summed E-state index contributed by atoms with van der Waals surface area (Å²) < 4.78 is 25.6. The van der Waals surface area contributed by atoms with Crippen molar-refractivity contribution in [2.24, 2.45) is 0 Å². The predicted octanol–water partition coefficient (Wildman–Crippen LogP) is 6.27. The van der Waals surface area contributed by atoms with Crippen molar-refractivity contribution in [2.75, 3.05) is 11.6 Å². The molecular weight excluding hydrogens is 379 g/mol. The molecule has 5 nitrogen and oxygen atoms in total. The van der Waals surface area contributed by atoms with Crippen molar-refractivity contribution >= 4 is 25.2 Å². The van der Waals surface area contributed by atoms with E-state index in [0.29, 0.717) is 5.82 Å². The molecule has 1 N–H and O–H groups in total. The standard InChI is InChI=1S/C20H29N2O3PS/c1-14(2)24-26(23,25-15(3)4)20(17-10-12-18(27-6)13-11-17)22-19-9-7-8-16(5)21-19/h7-15,20H,1-6H3,(H,21,22). The Morgan fingerprint density at radius 3 is 2.07 bits per heavy atom. The van der Waals surface area contributed by atoms with Crippen LogP contribution in [0.2, 0.25) is 0 Å². The van der Waals surface area contributed by atoms with Gasteiger partial charge in [-0.2, -0.15) is 0 Å². The maximum absolute atomic E-state index is 13.8. The highest BCUT2D eigenvalue weighted by Crippen LogP contribution is 2.62. The first-order valence-electron chi connectivity index (χ1n) is 9.04. The van der Waals surface area contributed by atoms with Crippen LogP contribution in [0.15, 0.2) is 47.4 Å². The molecule has 148 valence electrons. The van der Waals surface area contributed by atoms with E-state index in [9.17, 15) is 4.57 Å². The monoisotopic (exact) mass is 408 g/mol. The zero-order valence-electron chi connectivity index (χ0n) is 16.8. The topological polar surface area (TPSA) is 60.5 Å². The predicted molar refractivity (Wildman–Crippen MR) is 114 cm³/mol. The molecule has 0 aliphatic heterocycles. The number of anilines is 1. The van der Waals surface area contributed by atoms with Crippen LogP contribution in [-0.4, -0.2) is 23.4 Å². The number of benzene rings is 1. The van der Waals surface area contributed by atoms with Crippen molar-refractivity contribution in [3.63, 3.8) is 0 Å². The van der Waals surface area contributed by atoms with Crippen LogP contribution >= 0.6 is 19.4 Å². The Hall–Kier alpha value is -1.33. The highest BCUT2D eigenvalue weighted by atomic mass is 32.2. The third-order valence-corrected chi connectivity index (χ3v) is 6.87. The molecule has 0 radical (unpaired) electrons. The van der Waals surface area contributed by atoms with E-state index in [1.54, 1.807) is 11.8 Å². The van der Waals surface area contributed by atoms with Gasteiger partial charge in [-0.05, 0) is 70.7 Å². The van der Waals surface area contributed by atoms with Gasteiger partial charge in [0.05, 0.1) is 12.2 Å². The van der Waals surface area contributed by atoms with E-state index in [2.05, 4.69) is 10.3 Å². The lowest BCUT2D eigenvalue weighted by atomic mass is 10.2. The van der Waals surface area contributed by atoms with Gasteiger partial charge in [-0.3, -0.25) is 4.57 Å². The van der Waals surface area contributed by atoms with E-state index >= 15 is 0 Å². The molecule has 1 atom stereocenters. The van der Waals surface area contributed by atoms with E-state index in [1.807, 2.05) is 83.3 Å². The van der Waals surface area contributed by atoms with Crippen molar-refractivity contribution in [3.05, 3.63) is 53.7 Å². The average molecular weight is 409 g/mol. The summed E-state index contributed by atoms with van der Waals surface area (Å²) in [7, 11) is -3.53. The molecule has 1 aromatic heterocycles. The van der Waals surface area contributed by atoms with Gasteiger partial charge in [0, 0.05) is 10.6 Å². The molecule has 0 bridgehead atoms. The number of aromatic nitrogens is 1. The van der Waals surface area contributed by atoms with Crippen molar-refractivity contribution in [1.82, 2.24) is 4.98 Å². The molecule has 2 aromatic rings. The van der Waals surface area contributed by atoms with Crippen molar-refractivity contribution in [3.8, 4) is 0 Å². The van der Waals surface area contributed by atoms with Gasteiger partial charge in [-0.25, -0.2) is 4.98 Å². The first-order valence-corrected chi connectivity index (χ1v) is 11.9. The second-order valence-corrected chi connectivity index (χ2v) is 9.73. The molecule has 7 heteroatoms. The summed E-state index contributed by atoms with van der Waals surface area (Å²) in [6.07, 6.45) is 1.54. The van der Waals surface area contributed by atoms with Crippen LogP contribution in [0.1, 0.15) is 44.7 Å². The molecule has 0 amide bonds. The average Bonchev–Trinajstić information content (AvgIpc) is 2.58. The van der Waals surface area contributed by atoms with E-state index in [0.717, 1.165) is 16.2 Å². The number of hydrogen-bond acceptors (Lipinski definition) is 6. The molecule has 0 spiro atoms. The third kappa shape index (κ3) is 6.35. The number of nitrogens with zero attached hydrogens (tertiary/aromatic N) is 1. The number of hydrogen-bond donors (Lipinski definition) is 1. The van der Waals surface area contributed by atoms with E-state index in [4.69, 9.17) is 9.05 Å². The van der Waals surface area contributed by atoms with Crippen LogP contribution in [0.4, 0.5) is 5.82 Å². The minimum Gasteiger partial charge on any atom is -0.353 e. The van der Waals surface area contributed by atoms with Gasteiger partial charge in [0.15, 0.2) is 5.78 Å². The zero-order chi connectivity index (χ0) is 20.0. The minimum absolute atomic E-state index is 0.241. The fourth-order valence-corrected chi connectivity index (χ4v) is 5.33. The van der Waals surface area contributed by atoms with Crippen LogP contribution in [-0.2, 0) is 13.6 Å². The summed E-state index contributed by atoms with van der Waals surface area (Å²) in [5.74, 6) is -0.0265. The summed E-state index contributed by atoms with van der Waals surface area (Å²) in [5, 5.41) is 3.29. The normalized spacial score (nSPS) is 13.2. The molecule has 1 unspecified atom stereocenters. The SMILES string of the molecule is CSc1ccc(C(Nc2cccc(C)n2)P(=O)(OC(C)C)OC(C)C)cc1. The Morgan fingerprint density at radius 2 is 1.59 bits per heavy atom. The highest BCUT2D eigenvalue weighted by Gasteiger charge is 2.39. The van der Waals surface area contributed by atoms with Crippen molar-refractivity contribution in [1.29, 1.82) is 0 Å². The summed E-state index contributed by atoms with van der Waals surface area (Å²) in [5.41, 5.74) is 1.71. The van der Waals surface area contributed by atoms with Gasteiger partial charge in [0.1, 0.15) is 5.82 Å². The highest BCUT2D eigenvalue weighted by molar-refractivity contribution is 7.98. The summed E-state index contributed by atoms with van der Waals surface area (Å²) in [4.78, 5) is 5.63. The molecule has 27 heavy (non-hydrogen) atoms. The Morgan fingerprint density at radius 1 is 1.00 bits per heavy atom. The minimum atomic E-state index is -3.53. The number of pyridine rings is 1. The maximum atomic E-state index is 13.8. The Balaban J connectivity index is 2.49. The summed E-state index contributed by atoms with van der Waals surface area (Å²) >= 11 is 1.66. The summed E-state index contributed by atoms with van der Waals surface area (Å²) in [6, 6.07) is 13.6. The summed E-state index contributed by atoms with van der Waals surface area (Å²) in [6.45, 7) is 9.34. The second-order valence-electron chi connectivity index (χ2n) is 6.83. The smallest absolute Gasteiger partial charge is 0.353 e. The number of thioether (sulfide) groups is 1. The molecule has 0 saturated heterocycles. The van der Waals surface area contributed by atoms with Crippen molar-refractivity contribution < 1.29 is 13.6 Å². The first-order chi connectivity index (χ1) is 12.7. The van der Waals surface area contributed by atoms with Crippen LogP contribution in [0, 0.1) is 6.92 Å². The lowest BCUT2D eigenvalue weighted by Gasteiger charge is -2.31. The van der Waals surface area contributed by atoms with E-state index in [-0.39, 0.29) is 12.2 Å². The quantitative estimate of drug-likeness (QED) is 0.390. The molecule has 1 heterocycles. The zero-order valence-corrected chi connectivity index (χ0v) is 18.5. The maximum Gasteiger partial charge on any atom is 0.357 e. The van der Waals surface area contributed by atoms with Gasteiger partial charge in [0.2, 0.25) is 0 Å². The lowest BCUT2D eigenvalue weighted by molar-refractivity contribution is 0.138. The number of rotatable bonds is 9. The van der Waals surface area contributed by atoms with Crippen molar-refractivity contribution in [2.45, 2.75) is 57.5 Å². The van der Waals surface area contributed by atoms with Gasteiger partial charge >= 0.3 is 7.60 Å². The molecule has 0 saturated carbocycles. The number of aryl methyl sites for hydroxylation is 1. The van der Waals surface area contributed by atoms with Gasteiger partial charge in [-0.1, -0.05) is 18.2 Å².